The number of hydrogen-bond donors (Lipinski definition) is 4. The number of hydrogen-bond acceptors (Lipinski definition) is 6. The molecule has 4 atom stereocenters. The minimum atomic E-state index is -0.861. The highest BCUT2D eigenvalue weighted by atomic mass is 16.5. The third-order valence-corrected chi connectivity index (χ3v) is 9.17. The fraction of sp³-hybridized carbons (Fsp3) is 0.611. The first kappa shape index (κ1) is 35.4. The Morgan fingerprint density at radius 3 is 2.33 bits per heavy atom. The second kappa shape index (κ2) is 19.2. The maximum atomic E-state index is 13.8. The van der Waals surface area contributed by atoms with E-state index in [0.717, 1.165) is 43.4 Å². The molecule has 1 saturated carbocycles. The van der Waals surface area contributed by atoms with Crippen LogP contribution in [-0.2, 0) is 27.2 Å². The number of aromatic nitrogens is 1. The summed E-state index contributed by atoms with van der Waals surface area (Å²) in [5, 5.41) is 20.4. The Morgan fingerprint density at radius 1 is 0.913 bits per heavy atom. The minimum absolute atomic E-state index is 0.294. The van der Waals surface area contributed by atoms with E-state index in [1.165, 1.54) is 19.3 Å². The van der Waals surface area contributed by atoms with Crippen molar-refractivity contribution in [2.24, 2.45) is 5.92 Å². The van der Waals surface area contributed by atoms with Crippen LogP contribution in [0.4, 0.5) is 4.79 Å². The average molecular weight is 636 g/mol. The van der Waals surface area contributed by atoms with Crippen molar-refractivity contribution in [1.82, 2.24) is 25.8 Å². The monoisotopic (exact) mass is 635 g/mol. The number of aliphatic hydroxyl groups excluding tert-OH is 1. The maximum absolute atomic E-state index is 13.8. The van der Waals surface area contributed by atoms with E-state index in [1.807, 2.05) is 55.5 Å². The van der Waals surface area contributed by atoms with Crippen molar-refractivity contribution in [3.8, 4) is 0 Å². The van der Waals surface area contributed by atoms with Gasteiger partial charge in [0.05, 0.1) is 25.4 Å². The number of aryl methyl sites for hydroxylation is 1. The van der Waals surface area contributed by atoms with E-state index in [-0.39, 0.29) is 11.9 Å². The Hall–Kier alpha value is -3.50. The Balaban J connectivity index is 1.42. The molecule has 1 aliphatic heterocycles. The summed E-state index contributed by atoms with van der Waals surface area (Å²) >= 11 is 0. The second-order valence-electron chi connectivity index (χ2n) is 12.8. The van der Waals surface area contributed by atoms with Gasteiger partial charge in [0, 0.05) is 31.4 Å². The van der Waals surface area contributed by atoms with Gasteiger partial charge in [-0.2, -0.15) is 0 Å². The van der Waals surface area contributed by atoms with Crippen LogP contribution in [0.25, 0.3) is 0 Å². The van der Waals surface area contributed by atoms with Gasteiger partial charge in [-0.1, -0.05) is 81.8 Å². The lowest BCUT2D eigenvalue weighted by molar-refractivity contribution is -0.131. The first-order chi connectivity index (χ1) is 22.4. The molecule has 0 bridgehead atoms. The summed E-state index contributed by atoms with van der Waals surface area (Å²) in [7, 11) is 0. The Bertz CT molecular complexity index is 1190. The molecule has 46 heavy (non-hydrogen) atoms. The van der Waals surface area contributed by atoms with Crippen LogP contribution >= 0.6 is 0 Å². The molecule has 1 aliphatic carbocycles. The highest BCUT2D eigenvalue weighted by molar-refractivity contribution is 5.92. The fourth-order valence-corrected chi connectivity index (χ4v) is 6.51. The summed E-state index contributed by atoms with van der Waals surface area (Å²) in [6.07, 6.45) is 11.1. The quantitative estimate of drug-likeness (QED) is 0.219. The van der Waals surface area contributed by atoms with Crippen LogP contribution in [0, 0.1) is 5.92 Å². The first-order valence-electron chi connectivity index (χ1n) is 17.3. The SMILES string of the molecule is CCC[C@H](NC(=O)[C@H](Cc1ccccc1)NC(=O)N1CCOCC1)C(=O)N[C@@H](CC1CCCCC1)[C@@H](O)CCCc1ccccn1. The second-order valence-corrected chi connectivity index (χ2v) is 12.8. The van der Waals surface area contributed by atoms with Crippen LogP contribution < -0.4 is 16.0 Å². The molecule has 10 heteroatoms. The van der Waals surface area contributed by atoms with Gasteiger partial charge < -0.3 is 30.7 Å². The average Bonchev–Trinajstić information content (AvgIpc) is 3.09. The third kappa shape index (κ3) is 11.7. The molecule has 2 aliphatic rings. The van der Waals surface area contributed by atoms with E-state index in [0.29, 0.717) is 57.9 Å². The van der Waals surface area contributed by atoms with Crippen LogP contribution in [0.2, 0.25) is 0 Å². The van der Waals surface area contributed by atoms with Crippen molar-refractivity contribution >= 4 is 17.8 Å². The molecule has 4 rings (SSSR count). The van der Waals surface area contributed by atoms with Gasteiger partial charge in [-0.3, -0.25) is 14.6 Å². The summed E-state index contributed by atoms with van der Waals surface area (Å²) in [5.41, 5.74) is 1.89. The van der Waals surface area contributed by atoms with Gasteiger partial charge in [-0.05, 0) is 55.7 Å². The predicted molar refractivity (Wildman–Crippen MR) is 178 cm³/mol. The molecule has 252 valence electrons. The molecule has 0 unspecified atom stereocenters. The van der Waals surface area contributed by atoms with Crippen molar-refractivity contribution in [2.45, 2.75) is 108 Å². The van der Waals surface area contributed by atoms with Gasteiger partial charge in [0.25, 0.3) is 0 Å². The van der Waals surface area contributed by atoms with E-state index in [4.69, 9.17) is 4.74 Å². The number of ether oxygens (including phenoxy) is 1. The third-order valence-electron chi connectivity index (χ3n) is 9.17. The van der Waals surface area contributed by atoms with E-state index < -0.39 is 30.1 Å². The number of nitrogens with one attached hydrogen (secondary N) is 3. The molecule has 1 aromatic carbocycles. The summed E-state index contributed by atoms with van der Waals surface area (Å²) < 4.78 is 5.38. The molecular weight excluding hydrogens is 582 g/mol. The summed E-state index contributed by atoms with van der Waals surface area (Å²) in [4.78, 5) is 46.7. The standard InChI is InChI=1S/C36H53N5O5/c1-2-12-30(38-35(44)32(26-28-15-7-4-8-16-28)40-36(45)41-21-23-46-24-22-41)34(43)39-31(25-27-13-5-3-6-14-27)33(42)19-11-18-29-17-9-10-20-37-29/h4,7-10,15-17,20,27,30-33,42H,2-3,5-6,11-14,18-19,21-26H2,1H3,(H,38,44)(H,39,43)(H,40,45)/t30-,31-,32-,33-/m0/s1. The van der Waals surface area contributed by atoms with Crippen molar-refractivity contribution in [2.75, 3.05) is 26.3 Å². The number of benzene rings is 1. The zero-order valence-corrected chi connectivity index (χ0v) is 27.4. The minimum Gasteiger partial charge on any atom is -0.391 e. The van der Waals surface area contributed by atoms with Gasteiger partial charge in [-0.25, -0.2) is 4.79 Å². The van der Waals surface area contributed by atoms with Crippen LogP contribution in [0.15, 0.2) is 54.7 Å². The number of morpholine rings is 1. The number of nitrogens with zero attached hydrogens (tertiary/aromatic N) is 2. The zero-order chi connectivity index (χ0) is 32.6. The number of pyridine rings is 1. The number of urea groups is 1. The van der Waals surface area contributed by atoms with E-state index in [1.54, 1.807) is 11.1 Å². The summed E-state index contributed by atoms with van der Waals surface area (Å²) in [6, 6.07) is 13.0. The Kier molecular flexibility index (Phi) is 14.8. The first-order valence-corrected chi connectivity index (χ1v) is 17.3. The van der Waals surface area contributed by atoms with E-state index in [2.05, 4.69) is 20.9 Å². The number of aliphatic hydroxyl groups is 1. The van der Waals surface area contributed by atoms with Gasteiger partial charge in [0.15, 0.2) is 0 Å². The van der Waals surface area contributed by atoms with Crippen LogP contribution in [0.5, 0.6) is 0 Å². The van der Waals surface area contributed by atoms with E-state index in [9.17, 15) is 19.5 Å². The predicted octanol–water partition coefficient (Wildman–Crippen LogP) is 4.16. The number of rotatable bonds is 16. The fourth-order valence-electron chi connectivity index (χ4n) is 6.51. The molecule has 2 aromatic rings. The number of carbonyl (C=O) groups is 3. The van der Waals surface area contributed by atoms with Crippen molar-refractivity contribution in [3.05, 3.63) is 66.0 Å². The molecule has 10 nitrogen and oxygen atoms in total. The van der Waals surface area contributed by atoms with Gasteiger partial charge in [0.1, 0.15) is 12.1 Å². The molecule has 4 N–H and O–H groups in total. The van der Waals surface area contributed by atoms with Crippen molar-refractivity contribution < 1.29 is 24.2 Å². The topological polar surface area (TPSA) is 133 Å². The smallest absolute Gasteiger partial charge is 0.318 e. The number of carbonyl (C=O) groups excluding carboxylic acids is 3. The van der Waals surface area contributed by atoms with Crippen molar-refractivity contribution in [3.63, 3.8) is 0 Å². The molecule has 2 heterocycles. The molecule has 1 saturated heterocycles. The summed E-state index contributed by atoms with van der Waals surface area (Å²) in [5.74, 6) is -0.245. The van der Waals surface area contributed by atoms with Crippen LogP contribution in [0.1, 0.15) is 82.4 Å². The lowest BCUT2D eigenvalue weighted by Gasteiger charge is -2.32. The van der Waals surface area contributed by atoms with E-state index >= 15 is 0 Å². The highest BCUT2D eigenvalue weighted by Gasteiger charge is 2.32. The van der Waals surface area contributed by atoms with Crippen LogP contribution in [0.3, 0.4) is 0 Å². The zero-order valence-electron chi connectivity index (χ0n) is 27.4. The molecule has 1 aromatic heterocycles. The lowest BCUT2D eigenvalue weighted by atomic mass is 9.83. The number of amides is 4. The van der Waals surface area contributed by atoms with Gasteiger partial charge in [0.2, 0.25) is 11.8 Å². The van der Waals surface area contributed by atoms with Crippen molar-refractivity contribution in [1.29, 1.82) is 0 Å². The molecule has 2 fully saturated rings. The summed E-state index contributed by atoms with van der Waals surface area (Å²) in [6.45, 7) is 3.80. The normalized spacial score (nSPS) is 18.2. The largest absolute Gasteiger partial charge is 0.391 e. The molecule has 0 spiro atoms. The molecule has 0 radical (unpaired) electrons. The molecule has 4 amide bonds. The van der Waals surface area contributed by atoms with Crippen LogP contribution in [-0.4, -0.2) is 83.4 Å². The Morgan fingerprint density at radius 2 is 1.63 bits per heavy atom. The van der Waals surface area contributed by atoms with Gasteiger partial charge in [-0.15, -0.1) is 0 Å². The maximum Gasteiger partial charge on any atom is 0.318 e. The Labute approximate surface area is 274 Å². The lowest BCUT2D eigenvalue weighted by Crippen LogP contribution is -2.58. The molecular formula is C36H53N5O5. The highest BCUT2D eigenvalue weighted by Crippen LogP contribution is 2.28. The van der Waals surface area contributed by atoms with Gasteiger partial charge >= 0.3 is 6.03 Å².